The van der Waals surface area contributed by atoms with E-state index in [1.807, 2.05) is 6.07 Å². The number of rotatable bonds is 7. The Morgan fingerprint density at radius 1 is 1.19 bits per heavy atom. The van der Waals surface area contributed by atoms with Crippen LogP contribution in [0.25, 0.3) is 0 Å². The van der Waals surface area contributed by atoms with Crippen LogP contribution in [0.4, 0.5) is 0 Å². The van der Waals surface area contributed by atoms with Crippen molar-refractivity contribution < 1.29 is 38.0 Å². The topological polar surface area (TPSA) is 92.8 Å². The minimum atomic E-state index is -1.33. The van der Waals surface area contributed by atoms with E-state index in [1.54, 1.807) is 26.4 Å². The summed E-state index contributed by atoms with van der Waals surface area (Å²) in [5.41, 5.74) is 0.603. The van der Waals surface area contributed by atoms with Crippen LogP contribution in [0.15, 0.2) is 36.1 Å². The molecule has 9 nitrogen and oxygen atoms in total. The third-order valence-electron chi connectivity index (χ3n) is 8.19. The van der Waals surface area contributed by atoms with Crippen molar-refractivity contribution in [1.82, 2.24) is 4.90 Å². The van der Waals surface area contributed by atoms with Crippen LogP contribution in [-0.4, -0.2) is 74.8 Å². The van der Waals surface area contributed by atoms with E-state index in [0.717, 1.165) is 49.2 Å². The van der Waals surface area contributed by atoms with Gasteiger partial charge in [-0.1, -0.05) is 12.2 Å². The zero-order valence-electron chi connectivity index (χ0n) is 20.6. The molecule has 0 N–H and O–H groups in total. The lowest BCUT2D eigenvalue weighted by molar-refractivity contribution is -0.210. The molecule has 1 aromatic rings. The highest BCUT2D eigenvalue weighted by molar-refractivity contribution is 5.94. The molecule has 0 amide bonds. The number of ether oxygens (including phenoxy) is 6. The summed E-state index contributed by atoms with van der Waals surface area (Å²) in [5, 5.41) is 0. The molecule has 36 heavy (non-hydrogen) atoms. The van der Waals surface area contributed by atoms with Crippen LogP contribution in [0.5, 0.6) is 11.5 Å². The highest BCUT2D eigenvalue weighted by atomic mass is 16.7. The summed E-state index contributed by atoms with van der Waals surface area (Å²) in [6.45, 7) is 2.47. The molecule has 4 heterocycles. The number of carbonyl (C=O) groups excluding carboxylic acids is 2. The average Bonchev–Trinajstić information content (AvgIpc) is 3.54. The van der Waals surface area contributed by atoms with Gasteiger partial charge < -0.3 is 28.4 Å². The zero-order chi connectivity index (χ0) is 24.9. The van der Waals surface area contributed by atoms with Crippen molar-refractivity contribution in [1.29, 1.82) is 0 Å². The van der Waals surface area contributed by atoms with E-state index in [1.165, 1.54) is 0 Å². The minimum absolute atomic E-state index is 0.0148. The van der Waals surface area contributed by atoms with E-state index in [9.17, 15) is 9.59 Å². The predicted molar refractivity (Wildman–Crippen MR) is 127 cm³/mol. The second-order valence-electron chi connectivity index (χ2n) is 10.1. The van der Waals surface area contributed by atoms with E-state index in [0.29, 0.717) is 18.1 Å². The lowest BCUT2D eigenvalue weighted by Crippen LogP contribution is -2.56. The Morgan fingerprint density at radius 3 is 2.75 bits per heavy atom. The van der Waals surface area contributed by atoms with Crippen molar-refractivity contribution in [2.45, 2.75) is 55.3 Å². The molecular weight excluding hydrogens is 466 g/mol. The van der Waals surface area contributed by atoms with E-state index in [-0.39, 0.29) is 31.1 Å². The van der Waals surface area contributed by atoms with Gasteiger partial charge in [0.05, 0.1) is 31.6 Å². The molecule has 1 aliphatic carbocycles. The quantitative estimate of drug-likeness (QED) is 0.416. The Hall–Kier alpha value is -3.04. The van der Waals surface area contributed by atoms with Crippen molar-refractivity contribution in [3.63, 3.8) is 0 Å². The molecule has 192 valence electrons. The number of hydrogen-bond donors (Lipinski definition) is 0. The second kappa shape index (κ2) is 8.81. The number of carbonyl (C=O) groups is 2. The van der Waals surface area contributed by atoms with E-state index in [2.05, 4.69) is 17.0 Å². The smallest absolute Gasteiger partial charge is 0.352 e. The first-order chi connectivity index (χ1) is 17.5. The summed E-state index contributed by atoms with van der Waals surface area (Å²) >= 11 is 0. The van der Waals surface area contributed by atoms with Crippen molar-refractivity contribution in [3.8, 4) is 11.5 Å². The van der Waals surface area contributed by atoms with Crippen LogP contribution in [0.1, 0.15) is 42.7 Å². The summed E-state index contributed by atoms with van der Waals surface area (Å²) in [6, 6.07) is 4.11. The maximum absolute atomic E-state index is 13.6. The Labute approximate surface area is 209 Å². The van der Waals surface area contributed by atoms with Crippen LogP contribution in [0.2, 0.25) is 0 Å². The van der Waals surface area contributed by atoms with Crippen LogP contribution >= 0.6 is 0 Å². The molecule has 5 aliphatic rings. The van der Waals surface area contributed by atoms with Gasteiger partial charge in [0.25, 0.3) is 0 Å². The SMILES string of the molecule is COC/C=C/C[C@]1(C(=O)O[C@@H]2C(OC)=C[C@]34CCCN3CCc3cc5c(cc3[C@H]24)OCO5)CC(=O)O1. The Bertz CT molecular complexity index is 1130. The van der Waals surface area contributed by atoms with Gasteiger partial charge in [0, 0.05) is 20.1 Å². The molecule has 4 aliphatic heterocycles. The van der Waals surface area contributed by atoms with Gasteiger partial charge in [0.1, 0.15) is 5.76 Å². The molecule has 6 rings (SSSR count). The fourth-order valence-corrected chi connectivity index (χ4v) is 6.51. The van der Waals surface area contributed by atoms with Crippen LogP contribution in [0, 0.1) is 0 Å². The number of fused-ring (bicyclic) bond motifs is 3. The Morgan fingerprint density at radius 2 is 2.00 bits per heavy atom. The van der Waals surface area contributed by atoms with Gasteiger partial charge in [-0.2, -0.15) is 0 Å². The number of methoxy groups -OCH3 is 2. The molecule has 0 unspecified atom stereocenters. The lowest BCUT2D eigenvalue weighted by Gasteiger charge is -2.41. The zero-order valence-corrected chi connectivity index (χ0v) is 20.6. The van der Waals surface area contributed by atoms with Gasteiger partial charge >= 0.3 is 11.9 Å². The normalized spacial score (nSPS) is 32.2. The lowest BCUT2D eigenvalue weighted by atomic mass is 9.77. The standard InChI is InChI=1S/C27H31NO8/c1-31-11-4-3-8-27(15-22(29)36-27)25(30)35-24-21(32-2)14-26-7-5-9-28(26)10-6-17-12-19-20(34-16-33-19)13-18(17)23(24)26/h3-4,12-14,23-24H,5-11,15-16H2,1-2H3/b4-3+/t23-,24-,26+,27-/m1/s1. The first kappa shape index (κ1) is 23.4. The second-order valence-corrected chi connectivity index (χ2v) is 10.1. The molecule has 0 radical (unpaired) electrons. The van der Waals surface area contributed by atoms with Crippen LogP contribution in [-0.2, 0) is 35.0 Å². The molecule has 9 heteroatoms. The molecule has 2 fully saturated rings. The first-order valence-electron chi connectivity index (χ1n) is 12.5. The molecule has 4 atom stereocenters. The summed E-state index contributed by atoms with van der Waals surface area (Å²) in [5.74, 6) is 0.944. The van der Waals surface area contributed by atoms with Crippen molar-refractivity contribution in [2.75, 3.05) is 40.7 Å². The van der Waals surface area contributed by atoms with E-state index < -0.39 is 23.6 Å². The number of benzene rings is 1. The Balaban J connectivity index is 1.37. The van der Waals surface area contributed by atoms with Gasteiger partial charge in [0.15, 0.2) is 17.6 Å². The van der Waals surface area contributed by atoms with E-state index >= 15 is 0 Å². The molecule has 1 aromatic carbocycles. The first-order valence-corrected chi connectivity index (χ1v) is 12.5. The van der Waals surface area contributed by atoms with Crippen LogP contribution < -0.4 is 9.47 Å². The fraction of sp³-hybridized carbons (Fsp3) is 0.556. The van der Waals surface area contributed by atoms with Gasteiger partial charge in [-0.3, -0.25) is 9.69 Å². The molecule has 2 saturated heterocycles. The summed E-state index contributed by atoms with van der Waals surface area (Å²) < 4.78 is 33.9. The van der Waals surface area contributed by atoms with Gasteiger partial charge in [-0.15, -0.1) is 0 Å². The average molecular weight is 498 g/mol. The highest BCUT2D eigenvalue weighted by Crippen LogP contribution is 2.56. The summed E-state index contributed by atoms with van der Waals surface area (Å²) in [7, 11) is 3.21. The molecule has 1 spiro atoms. The monoisotopic (exact) mass is 497 g/mol. The summed E-state index contributed by atoms with van der Waals surface area (Å²) in [6.07, 6.45) is 8.17. The summed E-state index contributed by atoms with van der Waals surface area (Å²) in [4.78, 5) is 27.9. The van der Waals surface area contributed by atoms with Gasteiger partial charge in [-0.05, 0) is 55.1 Å². The number of cyclic esters (lactones) is 1. The van der Waals surface area contributed by atoms with Gasteiger partial charge in [0.2, 0.25) is 12.4 Å². The maximum Gasteiger partial charge on any atom is 0.352 e. The number of nitrogens with zero attached hydrogens (tertiary/aromatic N) is 1. The third kappa shape index (κ3) is 3.51. The minimum Gasteiger partial charge on any atom is -0.497 e. The van der Waals surface area contributed by atoms with Crippen LogP contribution in [0.3, 0.4) is 0 Å². The number of esters is 2. The Kier molecular flexibility index (Phi) is 5.72. The van der Waals surface area contributed by atoms with Crippen molar-refractivity contribution in [3.05, 3.63) is 47.2 Å². The maximum atomic E-state index is 13.6. The van der Waals surface area contributed by atoms with Crippen molar-refractivity contribution in [2.24, 2.45) is 0 Å². The van der Waals surface area contributed by atoms with Crippen molar-refractivity contribution >= 4 is 11.9 Å². The predicted octanol–water partition coefficient (Wildman–Crippen LogP) is 2.62. The largest absolute Gasteiger partial charge is 0.497 e. The molecule has 0 bridgehead atoms. The van der Waals surface area contributed by atoms with E-state index in [4.69, 9.17) is 28.4 Å². The molecular formula is C27H31NO8. The third-order valence-corrected chi connectivity index (χ3v) is 8.19. The molecule has 0 aromatic heterocycles. The number of hydrogen-bond acceptors (Lipinski definition) is 9. The highest BCUT2D eigenvalue weighted by Gasteiger charge is 2.60. The fourth-order valence-electron chi connectivity index (χ4n) is 6.51. The molecule has 0 saturated carbocycles. The van der Waals surface area contributed by atoms with Gasteiger partial charge in [-0.25, -0.2) is 4.79 Å².